The van der Waals surface area contributed by atoms with Gasteiger partial charge in [0.05, 0.1) is 30.1 Å². The second-order valence-electron chi connectivity index (χ2n) is 7.87. The summed E-state index contributed by atoms with van der Waals surface area (Å²) in [5.74, 6) is 1.09. The Morgan fingerprint density at radius 3 is 2.72 bits per heavy atom. The Hall–Kier alpha value is -3.58. The van der Waals surface area contributed by atoms with Crippen LogP contribution in [0.15, 0.2) is 60.9 Å². The Bertz CT molecular complexity index is 1260. The molecule has 1 N–H and O–H groups in total. The van der Waals surface area contributed by atoms with Gasteiger partial charge in [-0.3, -0.25) is 4.98 Å². The third-order valence-corrected chi connectivity index (χ3v) is 5.67. The largest absolute Gasteiger partial charge is 0.378 e. The number of para-hydroxylation sites is 1. The minimum atomic E-state index is -0.225. The van der Waals surface area contributed by atoms with Crippen molar-refractivity contribution in [2.45, 2.75) is 13.3 Å². The van der Waals surface area contributed by atoms with Crippen LogP contribution in [0.3, 0.4) is 0 Å². The maximum atomic E-state index is 14.7. The van der Waals surface area contributed by atoms with Crippen molar-refractivity contribution in [3.8, 4) is 0 Å². The number of rotatable bonds is 5. The summed E-state index contributed by atoms with van der Waals surface area (Å²) in [6, 6.07) is 15.2. The number of hydrogen-bond acceptors (Lipinski definition) is 6. The van der Waals surface area contributed by atoms with Crippen molar-refractivity contribution < 1.29 is 9.13 Å². The molecule has 1 aliphatic rings. The van der Waals surface area contributed by atoms with Crippen molar-refractivity contribution in [2.75, 3.05) is 36.5 Å². The highest BCUT2D eigenvalue weighted by Gasteiger charge is 2.15. The number of pyridine rings is 1. The van der Waals surface area contributed by atoms with E-state index in [2.05, 4.69) is 20.3 Å². The second kappa shape index (κ2) is 8.88. The van der Waals surface area contributed by atoms with E-state index in [4.69, 9.17) is 4.74 Å². The fraction of sp³-hybridized carbons (Fsp3) is 0.240. The summed E-state index contributed by atoms with van der Waals surface area (Å²) in [7, 11) is 0. The minimum Gasteiger partial charge on any atom is -0.378 e. The average Bonchev–Trinajstić information content (AvgIpc) is 2.81. The second-order valence-corrected chi connectivity index (χ2v) is 7.87. The predicted molar refractivity (Wildman–Crippen MR) is 124 cm³/mol. The SMILES string of the molecule is Cc1cccc2c(Nc3ccnc(Cc4ccc(N5CCOCC5)c(F)c4)n3)ccnc12. The first-order valence-electron chi connectivity index (χ1n) is 10.7. The number of nitrogens with one attached hydrogen (secondary N) is 1. The molecule has 32 heavy (non-hydrogen) atoms. The van der Waals surface area contributed by atoms with Gasteiger partial charge in [0.1, 0.15) is 17.5 Å². The highest BCUT2D eigenvalue weighted by Crippen LogP contribution is 2.26. The molecule has 0 aliphatic carbocycles. The molecule has 3 heterocycles. The molecular weight excluding hydrogens is 405 g/mol. The fourth-order valence-electron chi connectivity index (χ4n) is 4.03. The van der Waals surface area contributed by atoms with Gasteiger partial charge in [0, 0.05) is 37.3 Å². The molecule has 1 saturated heterocycles. The minimum absolute atomic E-state index is 0.225. The number of ether oxygens (including phenoxy) is 1. The van der Waals surface area contributed by atoms with Gasteiger partial charge in [-0.15, -0.1) is 0 Å². The van der Waals surface area contributed by atoms with Gasteiger partial charge >= 0.3 is 0 Å². The van der Waals surface area contributed by atoms with Crippen LogP contribution in [0.25, 0.3) is 10.9 Å². The van der Waals surface area contributed by atoms with E-state index < -0.39 is 0 Å². The molecule has 0 saturated carbocycles. The Kier molecular flexibility index (Phi) is 5.64. The van der Waals surface area contributed by atoms with Gasteiger partial charge in [-0.2, -0.15) is 0 Å². The first kappa shape index (κ1) is 20.3. The van der Waals surface area contributed by atoms with Crippen LogP contribution in [-0.4, -0.2) is 41.3 Å². The lowest BCUT2D eigenvalue weighted by molar-refractivity contribution is 0.122. The molecule has 5 rings (SSSR count). The number of aromatic nitrogens is 3. The molecule has 6 nitrogen and oxygen atoms in total. The monoisotopic (exact) mass is 429 g/mol. The number of fused-ring (bicyclic) bond motifs is 1. The predicted octanol–water partition coefficient (Wildman–Crippen LogP) is 4.64. The van der Waals surface area contributed by atoms with Gasteiger partial charge in [0.25, 0.3) is 0 Å². The third-order valence-electron chi connectivity index (χ3n) is 5.67. The number of anilines is 3. The van der Waals surface area contributed by atoms with E-state index in [1.165, 1.54) is 0 Å². The van der Waals surface area contributed by atoms with E-state index in [9.17, 15) is 4.39 Å². The van der Waals surface area contributed by atoms with E-state index in [0.29, 0.717) is 50.1 Å². The van der Waals surface area contributed by atoms with Crippen LogP contribution < -0.4 is 10.2 Å². The van der Waals surface area contributed by atoms with Gasteiger partial charge in [0.2, 0.25) is 0 Å². The third kappa shape index (κ3) is 4.24. The van der Waals surface area contributed by atoms with Crippen LogP contribution in [0.4, 0.5) is 21.6 Å². The highest BCUT2D eigenvalue weighted by molar-refractivity contribution is 5.94. The number of benzene rings is 2. The summed E-state index contributed by atoms with van der Waals surface area (Å²) in [6.45, 7) is 4.71. The van der Waals surface area contributed by atoms with Crippen LogP contribution in [0.5, 0.6) is 0 Å². The number of halogens is 1. The van der Waals surface area contributed by atoms with Gasteiger partial charge in [-0.1, -0.05) is 24.3 Å². The van der Waals surface area contributed by atoms with E-state index in [1.807, 2.05) is 54.3 Å². The molecule has 2 aromatic carbocycles. The number of aryl methyl sites for hydroxylation is 1. The van der Waals surface area contributed by atoms with E-state index in [1.54, 1.807) is 18.5 Å². The molecule has 162 valence electrons. The zero-order valence-corrected chi connectivity index (χ0v) is 17.9. The lowest BCUT2D eigenvalue weighted by Crippen LogP contribution is -2.36. The molecular formula is C25H24FN5O. The van der Waals surface area contributed by atoms with E-state index in [-0.39, 0.29) is 5.82 Å². The molecule has 0 bridgehead atoms. The van der Waals surface area contributed by atoms with Crippen molar-refractivity contribution in [1.29, 1.82) is 0 Å². The Morgan fingerprint density at radius 1 is 1.03 bits per heavy atom. The summed E-state index contributed by atoms with van der Waals surface area (Å²) < 4.78 is 20.1. The summed E-state index contributed by atoms with van der Waals surface area (Å²) in [4.78, 5) is 15.5. The maximum Gasteiger partial charge on any atom is 0.146 e. The summed E-state index contributed by atoms with van der Waals surface area (Å²) in [6.07, 6.45) is 3.96. The molecule has 7 heteroatoms. The molecule has 2 aromatic heterocycles. The standard InChI is InChI=1S/C25H24FN5O/c1-17-3-2-4-19-21(7-9-28-25(17)19)29-23-8-10-27-24(30-23)16-18-5-6-22(20(26)15-18)31-11-13-32-14-12-31/h2-10,15H,11-14,16H2,1H3,(H,27,28,29,30). The van der Waals surface area contributed by atoms with E-state index >= 15 is 0 Å². The molecule has 0 spiro atoms. The van der Waals surface area contributed by atoms with Crippen LogP contribution in [-0.2, 0) is 11.2 Å². The Labute approximate surface area is 186 Å². The lowest BCUT2D eigenvalue weighted by Gasteiger charge is -2.29. The molecule has 1 fully saturated rings. The van der Waals surface area contributed by atoms with E-state index in [0.717, 1.165) is 27.7 Å². The zero-order valence-electron chi connectivity index (χ0n) is 17.9. The first-order valence-corrected chi connectivity index (χ1v) is 10.7. The Balaban J connectivity index is 1.35. The number of nitrogens with zero attached hydrogens (tertiary/aromatic N) is 4. The van der Waals surface area contributed by atoms with Crippen LogP contribution in [0, 0.1) is 12.7 Å². The quantitative estimate of drug-likeness (QED) is 0.499. The van der Waals surface area contributed by atoms with Crippen molar-refractivity contribution in [1.82, 2.24) is 15.0 Å². The van der Waals surface area contributed by atoms with Crippen LogP contribution >= 0.6 is 0 Å². The molecule has 0 radical (unpaired) electrons. The van der Waals surface area contributed by atoms with Crippen molar-refractivity contribution in [3.05, 3.63) is 83.7 Å². The van der Waals surface area contributed by atoms with Crippen molar-refractivity contribution in [2.24, 2.45) is 0 Å². The van der Waals surface area contributed by atoms with Gasteiger partial charge < -0.3 is 15.0 Å². The zero-order chi connectivity index (χ0) is 21.9. The first-order chi connectivity index (χ1) is 15.7. The molecule has 1 aliphatic heterocycles. The number of hydrogen-bond donors (Lipinski definition) is 1. The lowest BCUT2D eigenvalue weighted by atomic mass is 10.1. The fourth-order valence-corrected chi connectivity index (χ4v) is 4.03. The number of morpholine rings is 1. The maximum absolute atomic E-state index is 14.7. The van der Waals surface area contributed by atoms with Crippen LogP contribution in [0.2, 0.25) is 0 Å². The normalized spacial score (nSPS) is 14.0. The smallest absolute Gasteiger partial charge is 0.146 e. The van der Waals surface area contributed by atoms with Gasteiger partial charge in [-0.25, -0.2) is 14.4 Å². The van der Waals surface area contributed by atoms with Gasteiger partial charge in [-0.05, 0) is 42.3 Å². The molecule has 4 aromatic rings. The summed E-state index contributed by atoms with van der Waals surface area (Å²) in [5.41, 5.74) is 4.47. The topological polar surface area (TPSA) is 63.2 Å². The summed E-state index contributed by atoms with van der Waals surface area (Å²) >= 11 is 0. The van der Waals surface area contributed by atoms with Crippen molar-refractivity contribution in [3.63, 3.8) is 0 Å². The highest BCUT2D eigenvalue weighted by atomic mass is 19.1. The van der Waals surface area contributed by atoms with Crippen LogP contribution in [0.1, 0.15) is 17.0 Å². The molecule has 0 amide bonds. The van der Waals surface area contributed by atoms with Gasteiger partial charge in [0.15, 0.2) is 0 Å². The summed E-state index contributed by atoms with van der Waals surface area (Å²) in [5, 5.41) is 4.42. The average molecular weight is 429 g/mol. The Morgan fingerprint density at radius 2 is 1.88 bits per heavy atom. The molecule has 0 unspecified atom stereocenters. The van der Waals surface area contributed by atoms with Crippen molar-refractivity contribution >= 4 is 28.1 Å². The molecule has 0 atom stereocenters.